The van der Waals surface area contributed by atoms with Crippen LogP contribution >= 0.6 is 0 Å². The fraction of sp³-hybridized carbons (Fsp3) is 0.0800. The van der Waals surface area contributed by atoms with E-state index in [0.29, 0.717) is 24.3 Å². The molecule has 9 nitrogen and oxygen atoms in total. The van der Waals surface area contributed by atoms with Crippen LogP contribution in [0.15, 0.2) is 146 Å². The second-order valence-electron chi connectivity index (χ2n) is 14.3. The average Bonchev–Trinajstić information content (AvgIpc) is 4.13. The Labute approximate surface area is 340 Å². The number of nitrogens with one attached hydrogen (secondary N) is 4. The third kappa shape index (κ3) is 7.15. The zero-order chi connectivity index (χ0) is 40.3. The van der Waals surface area contributed by atoms with E-state index in [1.165, 1.54) is 0 Å². The minimum absolute atomic E-state index is 0.550. The van der Waals surface area contributed by atoms with Crippen molar-refractivity contribution in [3.05, 3.63) is 223 Å². The molecular formula is C50H39N7O2. The SMILES string of the molecule is COc1ccc(C2=c3ccc([nH]3)=C(c3ccc(C#N)cc3)c3ccc([nH]3)C(c3ccc(OCCCN)cc3)=c3ccc([nH]3)=C(c3ccc(C#N)cc3)c3ccc2[nH]3)cc1. The van der Waals surface area contributed by atoms with E-state index < -0.39 is 0 Å². The summed E-state index contributed by atoms with van der Waals surface area (Å²) in [6.45, 7) is 1.12. The molecule has 0 fully saturated rings. The highest BCUT2D eigenvalue weighted by molar-refractivity contribution is 5.85. The summed E-state index contributed by atoms with van der Waals surface area (Å²) in [4.78, 5) is 15.2. The molecule has 286 valence electrons. The van der Waals surface area contributed by atoms with Crippen LogP contribution in [0.2, 0.25) is 0 Å². The quantitative estimate of drug-likeness (QED) is 0.118. The molecule has 0 saturated heterocycles. The summed E-state index contributed by atoms with van der Waals surface area (Å²) in [5.41, 5.74) is 18.2. The van der Waals surface area contributed by atoms with Crippen LogP contribution in [0.4, 0.5) is 0 Å². The third-order valence-corrected chi connectivity index (χ3v) is 10.6. The van der Waals surface area contributed by atoms with Gasteiger partial charge in [-0.15, -0.1) is 0 Å². The predicted octanol–water partition coefficient (Wildman–Crippen LogP) is 5.78. The number of rotatable bonds is 9. The normalized spacial score (nSPS) is 12.3. The maximum absolute atomic E-state index is 9.64. The van der Waals surface area contributed by atoms with Crippen LogP contribution in [0, 0.1) is 22.7 Å². The minimum atomic E-state index is 0.550. The van der Waals surface area contributed by atoms with E-state index in [9.17, 15) is 10.5 Å². The summed E-state index contributed by atoms with van der Waals surface area (Å²) in [7, 11) is 1.67. The van der Waals surface area contributed by atoms with Crippen LogP contribution in [-0.4, -0.2) is 40.2 Å². The lowest BCUT2D eigenvalue weighted by Crippen LogP contribution is -2.19. The molecule has 5 heterocycles. The fourth-order valence-corrected chi connectivity index (χ4v) is 7.74. The number of benzene rings is 4. The largest absolute Gasteiger partial charge is 0.497 e. The molecule has 59 heavy (non-hydrogen) atoms. The Balaban J connectivity index is 1.36. The number of hydrogen-bond donors (Lipinski definition) is 5. The first-order valence-corrected chi connectivity index (χ1v) is 19.4. The first-order chi connectivity index (χ1) is 29.0. The van der Waals surface area contributed by atoms with Gasteiger partial charge in [-0.05, 0) is 132 Å². The third-order valence-electron chi connectivity index (χ3n) is 10.6. The van der Waals surface area contributed by atoms with Crippen molar-refractivity contribution in [3.63, 3.8) is 0 Å². The molecule has 4 aromatic carbocycles. The Bertz CT molecular complexity index is 3150. The summed E-state index contributed by atoms with van der Waals surface area (Å²) in [6, 6.07) is 52.9. The number of aromatic nitrogens is 4. The number of methoxy groups -OCH3 is 1. The maximum Gasteiger partial charge on any atom is 0.119 e. The van der Waals surface area contributed by atoms with Crippen molar-refractivity contribution in [2.75, 3.05) is 20.3 Å². The molecule has 1 aliphatic heterocycles. The van der Waals surface area contributed by atoms with Gasteiger partial charge in [0.05, 0.1) is 37.0 Å². The van der Waals surface area contributed by atoms with Crippen molar-refractivity contribution in [1.29, 1.82) is 10.5 Å². The van der Waals surface area contributed by atoms with Crippen molar-refractivity contribution < 1.29 is 9.47 Å². The van der Waals surface area contributed by atoms with E-state index in [2.05, 4.69) is 105 Å². The summed E-state index contributed by atoms with van der Waals surface area (Å²) in [5, 5.41) is 22.9. The van der Waals surface area contributed by atoms with Gasteiger partial charge in [-0.25, -0.2) is 0 Å². The molecule has 0 radical (unpaired) electrons. The molecule has 8 bridgehead atoms. The summed E-state index contributed by atoms with van der Waals surface area (Å²) < 4.78 is 11.5. The van der Waals surface area contributed by atoms with Crippen molar-refractivity contribution in [1.82, 2.24) is 19.9 Å². The molecule has 0 unspecified atom stereocenters. The summed E-state index contributed by atoms with van der Waals surface area (Å²) in [6.07, 6.45) is 0.775. The average molecular weight is 770 g/mol. The van der Waals surface area contributed by atoms with E-state index in [4.69, 9.17) is 15.2 Å². The number of nitrogens with zero attached hydrogens (tertiary/aromatic N) is 2. The van der Waals surface area contributed by atoms with Gasteiger partial charge in [0.25, 0.3) is 0 Å². The highest BCUT2D eigenvalue weighted by atomic mass is 16.5. The first-order valence-electron chi connectivity index (χ1n) is 19.4. The van der Waals surface area contributed by atoms with Gasteiger partial charge in [0, 0.05) is 66.5 Å². The van der Waals surface area contributed by atoms with Crippen LogP contribution in [0.5, 0.6) is 11.5 Å². The van der Waals surface area contributed by atoms with E-state index in [0.717, 1.165) is 107 Å². The molecular weight excluding hydrogens is 731 g/mol. The van der Waals surface area contributed by atoms with Gasteiger partial charge >= 0.3 is 0 Å². The van der Waals surface area contributed by atoms with E-state index in [1.54, 1.807) is 7.11 Å². The lowest BCUT2D eigenvalue weighted by molar-refractivity contribution is 0.313. The Hall–Kier alpha value is -7.98. The van der Waals surface area contributed by atoms with Crippen molar-refractivity contribution >= 4 is 22.3 Å². The Morgan fingerprint density at radius 2 is 0.780 bits per heavy atom. The smallest absolute Gasteiger partial charge is 0.119 e. The second kappa shape index (κ2) is 15.9. The standard InChI is InChI=1S/C50H39N7O2/c1-58-37-15-11-35(12-16-37)49-43-23-19-39(54-43)47(33-7-3-31(29-52)4-8-33)41-21-25-45(56-41)50(36-13-17-38(18-14-36)59-28-2-27-51)46-26-22-42(57-46)48(40-20-24-44(49)55-40)34-9-5-32(30-53)6-10-34/h3-26,54-57H,2,27-28,51H2,1H3. The topological polar surface area (TPSA) is 155 Å². The molecule has 9 heteroatoms. The van der Waals surface area contributed by atoms with Gasteiger partial charge in [0.15, 0.2) is 0 Å². The molecule has 0 atom stereocenters. The highest BCUT2D eigenvalue weighted by Gasteiger charge is 2.19. The Morgan fingerprint density at radius 1 is 0.441 bits per heavy atom. The minimum Gasteiger partial charge on any atom is -0.497 e. The van der Waals surface area contributed by atoms with Gasteiger partial charge in [0.2, 0.25) is 0 Å². The number of aromatic amines is 4. The zero-order valence-electron chi connectivity index (χ0n) is 32.3. The van der Waals surface area contributed by atoms with Gasteiger partial charge < -0.3 is 35.1 Å². The first kappa shape index (κ1) is 36.6. The molecule has 1 aliphatic rings. The molecule has 0 amide bonds. The van der Waals surface area contributed by atoms with Crippen molar-refractivity contribution in [2.24, 2.45) is 5.73 Å². The van der Waals surface area contributed by atoms with Gasteiger partial charge in [-0.1, -0.05) is 48.5 Å². The molecule has 4 aromatic heterocycles. The number of ether oxygens (including phenoxy) is 2. The maximum atomic E-state index is 9.64. The Kier molecular flexibility index (Phi) is 9.86. The molecule has 0 spiro atoms. The highest BCUT2D eigenvalue weighted by Crippen LogP contribution is 2.29. The van der Waals surface area contributed by atoms with Gasteiger partial charge in [-0.3, -0.25) is 0 Å². The zero-order valence-corrected chi connectivity index (χ0v) is 32.3. The predicted molar refractivity (Wildman–Crippen MR) is 229 cm³/mol. The van der Waals surface area contributed by atoms with E-state index in [1.807, 2.05) is 72.8 Å². The fourth-order valence-electron chi connectivity index (χ4n) is 7.74. The molecule has 9 rings (SSSR count). The molecule has 0 aliphatic carbocycles. The summed E-state index contributed by atoms with van der Waals surface area (Å²) in [5.74, 6) is 1.54. The number of nitrogens with two attached hydrogens (primary N) is 1. The van der Waals surface area contributed by atoms with Gasteiger partial charge in [0.1, 0.15) is 11.5 Å². The summed E-state index contributed by atoms with van der Waals surface area (Å²) >= 11 is 0. The number of H-pyrrole nitrogens is 4. The second-order valence-corrected chi connectivity index (χ2v) is 14.3. The lowest BCUT2D eigenvalue weighted by atomic mass is 10.0. The van der Waals surface area contributed by atoms with Crippen molar-refractivity contribution in [2.45, 2.75) is 6.42 Å². The molecule has 6 N–H and O–H groups in total. The van der Waals surface area contributed by atoms with E-state index >= 15 is 0 Å². The van der Waals surface area contributed by atoms with Crippen molar-refractivity contribution in [3.8, 4) is 23.6 Å². The number of nitriles is 2. The molecule has 0 saturated carbocycles. The van der Waals surface area contributed by atoms with Crippen LogP contribution in [-0.2, 0) is 0 Å². The van der Waals surface area contributed by atoms with Crippen LogP contribution in [0.3, 0.4) is 0 Å². The number of fused-ring (bicyclic) bond motifs is 8. The van der Waals surface area contributed by atoms with Crippen LogP contribution in [0.1, 0.15) is 62.6 Å². The Morgan fingerprint density at radius 3 is 1.10 bits per heavy atom. The van der Waals surface area contributed by atoms with Crippen LogP contribution in [0.25, 0.3) is 22.3 Å². The number of hydrogen-bond acceptors (Lipinski definition) is 5. The lowest BCUT2D eigenvalue weighted by Gasteiger charge is -2.11. The molecule has 8 aromatic rings. The van der Waals surface area contributed by atoms with E-state index in [-0.39, 0.29) is 0 Å². The van der Waals surface area contributed by atoms with Crippen LogP contribution < -0.4 is 36.6 Å². The monoisotopic (exact) mass is 769 g/mol. The van der Waals surface area contributed by atoms with Gasteiger partial charge in [-0.2, -0.15) is 10.5 Å².